The van der Waals surface area contributed by atoms with Crippen LogP contribution in [0.2, 0.25) is 0 Å². The van der Waals surface area contributed by atoms with Gasteiger partial charge in [-0.25, -0.2) is 4.99 Å². The zero-order chi connectivity index (χ0) is 16.4. The summed E-state index contributed by atoms with van der Waals surface area (Å²) in [6.07, 6.45) is 6.38. The van der Waals surface area contributed by atoms with Crippen LogP contribution in [0, 0.1) is 0 Å². The molecule has 0 amide bonds. The van der Waals surface area contributed by atoms with E-state index in [0.717, 1.165) is 18.9 Å². The zero-order valence-electron chi connectivity index (χ0n) is 14.8. The number of rotatable bonds is 9. The molecule has 2 atom stereocenters. The molecule has 0 bridgehead atoms. The molecule has 0 aliphatic rings. The van der Waals surface area contributed by atoms with Crippen molar-refractivity contribution in [2.75, 3.05) is 13.1 Å². The summed E-state index contributed by atoms with van der Waals surface area (Å²) in [6, 6.07) is 3.90. The summed E-state index contributed by atoms with van der Waals surface area (Å²) in [4.78, 5) is 4.49. The van der Waals surface area contributed by atoms with Crippen LogP contribution in [-0.4, -0.2) is 30.2 Å². The van der Waals surface area contributed by atoms with Crippen molar-refractivity contribution in [2.24, 2.45) is 4.99 Å². The Morgan fingerprint density at radius 2 is 2.13 bits per heavy atom. The highest BCUT2D eigenvalue weighted by atomic mass is 127. The van der Waals surface area contributed by atoms with Crippen LogP contribution in [0.5, 0.6) is 0 Å². The monoisotopic (exact) mass is 437 g/mol. The van der Waals surface area contributed by atoms with Gasteiger partial charge in [-0.1, -0.05) is 26.2 Å². The SMILES string of the molecule is CCCCCC(C)NC(=NCC(C)(O)c1ccco1)NCC.I. The third-order valence-corrected chi connectivity index (χ3v) is 3.57. The summed E-state index contributed by atoms with van der Waals surface area (Å²) < 4.78 is 5.28. The van der Waals surface area contributed by atoms with E-state index in [1.54, 1.807) is 25.3 Å². The Hall–Kier alpha value is -0.760. The number of halogens is 1. The van der Waals surface area contributed by atoms with Gasteiger partial charge in [0, 0.05) is 12.6 Å². The molecule has 1 aromatic heterocycles. The van der Waals surface area contributed by atoms with Crippen LogP contribution in [0.4, 0.5) is 0 Å². The number of furan rings is 1. The molecule has 5 nitrogen and oxygen atoms in total. The van der Waals surface area contributed by atoms with Gasteiger partial charge in [0.15, 0.2) is 5.96 Å². The maximum absolute atomic E-state index is 10.4. The fraction of sp³-hybridized carbons (Fsp3) is 0.706. The lowest BCUT2D eigenvalue weighted by Crippen LogP contribution is -2.43. The number of nitrogens with zero attached hydrogens (tertiary/aromatic N) is 1. The third-order valence-electron chi connectivity index (χ3n) is 3.57. The lowest BCUT2D eigenvalue weighted by Gasteiger charge is -2.21. The highest BCUT2D eigenvalue weighted by Gasteiger charge is 2.26. The minimum absolute atomic E-state index is 0. The predicted molar refractivity (Wildman–Crippen MR) is 106 cm³/mol. The van der Waals surface area contributed by atoms with Crippen molar-refractivity contribution in [1.29, 1.82) is 0 Å². The van der Waals surface area contributed by atoms with E-state index in [9.17, 15) is 5.11 Å². The van der Waals surface area contributed by atoms with Crippen LogP contribution in [0.25, 0.3) is 0 Å². The number of hydrogen-bond acceptors (Lipinski definition) is 3. The molecule has 0 fully saturated rings. The molecule has 2 unspecified atom stereocenters. The Labute approximate surface area is 157 Å². The summed E-state index contributed by atoms with van der Waals surface area (Å²) in [5.41, 5.74) is -1.10. The first-order valence-electron chi connectivity index (χ1n) is 8.30. The first-order valence-corrected chi connectivity index (χ1v) is 8.30. The fourth-order valence-corrected chi connectivity index (χ4v) is 2.22. The van der Waals surface area contributed by atoms with Gasteiger partial charge in [0.2, 0.25) is 0 Å². The largest absolute Gasteiger partial charge is 0.466 e. The van der Waals surface area contributed by atoms with E-state index in [4.69, 9.17) is 4.42 Å². The fourth-order valence-electron chi connectivity index (χ4n) is 2.22. The standard InChI is InChI=1S/C17H31N3O2.HI/c1-5-7-8-10-14(3)20-16(18-6-2)19-13-17(4,21)15-11-9-12-22-15;/h9,11-12,14,21H,5-8,10,13H2,1-4H3,(H2,18,19,20);1H. The van der Waals surface area contributed by atoms with Crippen molar-refractivity contribution in [3.63, 3.8) is 0 Å². The van der Waals surface area contributed by atoms with Crippen molar-refractivity contribution < 1.29 is 9.52 Å². The van der Waals surface area contributed by atoms with Crippen LogP contribution in [0.15, 0.2) is 27.8 Å². The molecule has 0 aromatic carbocycles. The molecule has 1 heterocycles. The minimum Gasteiger partial charge on any atom is -0.466 e. The maximum Gasteiger partial charge on any atom is 0.191 e. The number of hydrogen-bond donors (Lipinski definition) is 3. The van der Waals surface area contributed by atoms with Crippen LogP contribution >= 0.6 is 24.0 Å². The molecule has 3 N–H and O–H groups in total. The predicted octanol–water partition coefficient (Wildman–Crippen LogP) is 3.63. The van der Waals surface area contributed by atoms with Crippen molar-refractivity contribution in [2.45, 2.75) is 65.0 Å². The van der Waals surface area contributed by atoms with Gasteiger partial charge in [0.1, 0.15) is 11.4 Å². The Morgan fingerprint density at radius 3 is 2.70 bits per heavy atom. The molecule has 1 aromatic rings. The molecule has 6 heteroatoms. The smallest absolute Gasteiger partial charge is 0.191 e. The molecule has 1 rings (SSSR count). The highest BCUT2D eigenvalue weighted by molar-refractivity contribution is 14.0. The number of guanidine groups is 1. The summed E-state index contributed by atoms with van der Waals surface area (Å²) >= 11 is 0. The van der Waals surface area contributed by atoms with Gasteiger partial charge in [0.05, 0.1) is 12.8 Å². The Balaban J connectivity index is 0.00000484. The lowest BCUT2D eigenvalue weighted by atomic mass is 10.0. The number of aliphatic imine (C=N–C) groups is 1. The van der Waals surface area contributed by atoms with E-state index < -0.39 is 5.60 Å². The van der Waals surface area contributed by atoms with Gasteiger partial charge in [-0.05, 0) is 39.3 Å². The maximum atomic E-state index is 10.4. The summed E-state index contributed by atoms with van der Waals surface area (Å²) in [7, 11) is 0. The zero-order valence-corrected chi connectivity index (χ0v) is 17.1. The van der Waals surface area contributed by atoms with Crippen LogP contribution in [0.1, 0.15) is 59.1 Å². The average molecular weight is 437 g/mol. The molecule has 0 radical (unpaired) electrons. The summed E-state index contributed by atoms with van der Waals surface area (Å²) in [6.45, 7) is 9.15. The highest BCUT2D eigenvalue weighted by Crippen LogP contribution is 2.21. The van der Waals surface area contributed by atoms with Gasteiger partial charge in [0.25, 0.3) is 0 Å². The quantitative estimate of drug-likeness (QED) is 0.239. The van der Waals surface area contributed by atoms with Crippen LogP contribution in [-0.2, 0) is 5.60 Å². The topological polar surface area (TPSA) is 69.8 Å². The van der Waals surface area contributed by atoms with E-state index in [-0.39, 0.29) is 30.5 Å². The molecule has 134 valence electrons. The molecule has 0 aliphatic heterocycles. The second-order valence-electron chi connectivity index (χ2n) is 5.99. The Kier molecular flexibility index (Phi) is 11.3. The summed E-state index contributed by atoms with van der Waals surface area (Å²) in [5, 5.41) is 17.1. The van der Waals surface area contributed by atoms with Gasteiger partial charge in [-0.15, -0.1) is 24.0 Å². The first-order chi connectivity index (χ1) is 10.5. The normalized spacial score (nSPS) is 15.4. The molecule has 0 aliphatic carbocycles. The van der Waals surface area contributed by atoms with Gasteiger partial charge in [-0.3, -0.25) is 0 Å². The number of aliphatic hydroxyl groups is 1. The molecule has 0 saturated heterocycles. The summed E-state index contributed by atoms with van der Waals surface area (Å²) in [5.74, 6) is 1.27. The van der Waals surface area contributed by atoms with E-state index >= 15 is 0 Å². The lowest BCUT2D eigenvalue weighted by molar-refractivity contribution is 0.0436. The Morgan fingerprint density at radius 1 is 1.39 bits per heavy atom. The van der Waals surface area contributed by atoms with E-state index in [1.807, 2.05) is 6.92 Å². The van der Waals surface area contributed by atoms with Gasteiger partial charge >= 0.3 is 0 Å². The van der Waals surface area contributed by atoms with E-state index in [2.05, 4.69) is 29.5 Å². The van der Waals surface area contributed by atoms with E-state index in [0.29, 0.717) is 11.8 Å². The minimum atomic E-state index is -1.10. The molecular weight excluding hydrogens is 405 g/mol. The van der Waals surface area contributed by atoms with Crippen molar-refractivity contribution in [3.05, 3.63) is 24.2 Å². The first kappa shape index (κ1) is 22.2. The third kappa shape index (κ3) is 8.60. The van der Waals surface area contributed by atoms with Crippen molar-refractivity contribution in [3.8, 4) is 0 Å². The molecular formula is C17H32IN3O2. The molecule has 0 saturated carbocycles. The van der Waals surface area contributed by atoms with Gasteiger partial charge in [-0.2, -0.15) is 0 Å². The van der Waals surface area contributed by atoms with E-state index in [1.165, 1.54) is 19.3 Å². The molecule has 0 spiro atoms. The Bertz CT molecular complexity index is 433. The molecule has 23 heavy (non-hydrogen) atoms. The van der Waals surface area contributed by atoms with Crippen molar-refractivity contribution >= 4 is 29.9 Å². The number of unbranched alkanes of at least 4 members (excludes halogenated alkanes) is 2. The second kappa shape index (κ2) is 11.7. The second-order valence-corrected chi connectivity index (χ2v) is 5.99. The van der Waals surface area contributed by atoms with Gasteiger partial charge < -0.3 is 20.2 Å². The number of nitrogens with one attached hydrogen (secondary N) is 2. The van der Waals surface area contributed by atoms with Crippen LogP contribution < -0.4 is 10.6 Å². The average Bonchev–Trinajstić information content (AvgIpc) is 3.00. The van der Waals surface area contributed by atoms with Crippen molar-refractivity contribution in [1.82, 2.24) is 10.6 Å². The van der Waals surface area contributed by atoms with Crippen LogP contribution in [0.3, 0.4) is 0 Å².